The third-order valence-electron chi connectivity index (χ3n) is 3.34. The molecule has 0 bridgehead atoms. The zero-order valence-electron chi connectivity index (χ0n) is 11.2. The van der Waals surface area contributed by atoms with Crippen molar-refractivity contribution < 1.29 is 4.79 Å². The predicted octanol–water partition coefficient (Wildman–Crippen LogP) is 2.11. The van der Waals surface area contributed by atoms with Crippen LogP contribution in [0, 0.1) is 0 Å². The molecule has 2 rings (SSSR count). The van der Waals surface area contributed by atoms with E-state index < -0.39 is 5.54 Å². The number of fused-ring (bicyclic) bond motifs is 1. The summed E-state index contributed by atoms with van der Waals surface area (Å²) in [6.07, 6.45) is 2.01. The van der Waals surface area contributed by atoms with Crippen LogP contribution in [-0.4, -0.2) is 23.1 Å². The molecule has 2 aromatic rings. The number of nitrogens with zero attached hydrogens (tertiary/aromatic N) is 1. The minimum atomic E-state index is -0.578. The van der Waals surface area contributed by atoms with Crippen LogP contribution in [0.3, 0.4) is 0 Å². The predicted molar refractivity (Wildman–Crippen MR) is 74.7 cm³/mol. The number of amides is 1. The maximum atomic E-state index is 12.0. The van der Waals surface area contributed by atoms with Crippen molar-refractivity contribution in [3.63, 3.8) is 0 Å². The van der Waals surface area contributed by atoms with E-state index >= 15 is 0 Å². The summed E-state index contributed by atoms with van der Waals surface area (Å²) < 4.78 is 2.05. The molecule has 2 N–H and O–H groups in total. The van der Waals surface area contributed by atoms with Crippen molar-refractivity contribution in [1.82, 2.24) is 9.88 Å². The van der Waals surface area contributed by atoms with Gasteiger partial charge >= 0.3 is 0 Å². The highest BCUT2D eigenvalue weighted by atomic mass is 16.2. The van der Waals surface area contributed by atoms with E-state index in [1.54, 1.807) is 7.05 Å². The standard InChI is InChI=1S/C14H19N3O/c1-14(2,15-3)13(18)16-11-5-6-12-10(9-11)7-8-17(12)4/h5-9,15H,1-4H3,(H,16,18). The summed E-state index contributed by atoms with van der Waals surface area (Å²) in [5.74, 6) is -0.0414. The zero-order chi connectivity index (χ0) is 13.3. The van der Waals surface area contributed by atoms with Crippen LogP contribution in [0.25, 0.3) is 10.9 Å². The number of benzene rings is 1. The van der Waals surface area contributed by atoms with E-state index in [9.17, 15) is 4.79 Å². The Bertz CT molecular complexity index is 584. The van der Waals surface area contributed by atoms with Crippen LogP contribution in [0.5, 0.6) is 0 Å². The van der Waals surface area contributed by atoms with E-state index in [1.807, 2.05) is 51.4 Å². The van der Waals surface area contributed by atoms with Gasteiger partial charge in [-0.3, -0.25) is 4.79 Å². The first-order chi connectivity index (χ1) is 8.44. The highest BCUT2D eigenvalue weighted by Crippen LogP contribution is 2.20. The van der Waals surface area contributed by atoms with Crippen molar-refractivity contribution in [2.24, 2.45) is 7.05 Å². The Balaban J connectivity index is 2.25. The lowest BCUT2D eigenvalue weighted by atomic mass is 10.1. The second-order valence-electron chi connectivity index (χ2n) is 5.03. The molecule has 0 atom stereocenters. The number of carbonyl (C=O) groups is 1. The summed E-state index contributed by atoms with van der Waals surface area (Å²) in [4.78, 5) is 12.0. The molecular weight excluding hydrogens is 226 g/mol. The number of hydrogen-bond acceptors (Lipinski definition) is 2. The summed E-state index contributed by atoms with van der Waals surface area (Å²) in [5, 5.41) is 7.03. The van der Waals surface area contributed by atoms with Crippen molar-refractivity contribution in [3.05, 3.63) is 30.5 Å². The highest BCUT2D eigenvalue weighted by Gasteiger charge is 2.25. The quantitative estimate of drug-likeness (QED) is 0.870. The molecule has 0 unspecified atom stereocenters. The molecule has 4 heteroatoms. The maximum Gasteiger partial charge on any atom is 0.244 e. The summed E-state index contributed by atoms with van der Waals surface area (Å²) >= 11 is 0. The molecular formula is C14H19N3O. The van der Waals surface area contributed by atoms with Crippen LogP contribution in [0.2, 0.25) is 0 Å². The summed E-state index contributed by atoms with van der Waals surface area (Å²) in [6.45, 7) is 3.70. The van der Waals surface area contributed by atoms with Crippen LogP contribution < -0.4 is 10.6 Å². The van der Waals surface area contributed by atoms with Crippen LogP contribution >= 0.6 is 0 Å². The number of aromatic nitrogens is 1. The first-order valence-corrected chi connectivity index (χ1v) is 5.99. The lowest BCUT2D eigenvalue weighted by Crippen LogP contribution is -2.47. The molecule has 1 amide bonds. The van der Waals surface area contributed by atoms with Crippen molar-refractivity contribution in [3.8, 4) is 0 Å². The van der Waals surface area contributed by atoms with E-state index in [4.69, 9.17) is 0 Å². The van der Waals surface area contributed by atoms with Crippen LogP contribution in [0.15, 0.2) is 30.5 Å². The van der Waals surface area contributed by atoms with E-state index in [2.05, 4.69) is 15.2 Å². The first-order valence-electron chi connectivity index (χ1n) is 5.99. The number of hydrogen-bond donors (Lipinski definition) is 2. The molecule has 0 saturated carbocycles. The van der Waals surface area contributed by atoms with Gasteiger partial charge in [0.1, 0.15) is 0 Å². The molecule has 96 valence electrons. The second-order valence-corrected chi connectivity index (χ2v) is 5.03. The van der Waals surface area contributed by atoms with Gasteiger partial charge in [-0.1, -0.05) is 0 Å². The monoisotopic (exact) mass is 245 g/mol. The molecule has 1 heterocycles. The number of anilines is 1. The highest BCUT2D eigenvalue weighted by molar-refractivity contribution is 5.99. The second kappa shape index (κ2) is 4.46. The minimum absolute atomic E-state index is 0.0414. The summed E-state index contributed by atoms with van der Waals surface area (Å²) in [7, 11) is 3.78. The Labute approximate surface area is 107 Å². The van der Waals surface area contributed by atoms with Gasteiger partial charge in [0, 0.05) is 29.8 Å². The molecule has 0 aliphatic heterocycles. The van der Waals surface area contributed by atoms with Gasteiger partial charge < -0.3 is 15.2 Å². The topological polar surface area (TPSA) is 46.1 Å². The van der Waals surface area contributed by atoms with E-state index in [1.165, 1.54) is 0 Å². The molecule has 0 spiro atoms. The van der Waals surface area contributed by atoms with E-state index in [0.29, 0.717) is 0 Å². The van der Waals surface area contributed by atoms with Crippen LogP contribution in [-0.2, 0) is 11.8 Å². The molecule has 0 aliphatic carbocycles. The molecule has 0 aliphatic rings. The van der Waals surface area contributed by atoms with Gasteiger partial charge in [0.2, 0.25) is 5.91 Å². The average Bonchev–Trinajstić information content (AvgIpc) is 2.70. The number of aryl methyl sites for hydroxylation is 1. The van der Waals surface area contributed by atoms with Gasteiger partial charge in [0.15, 0.2) is 0 Å². The molecule has 0 saturated heterocycles. The Hall–Kier alpha value is -1.81. The number of likely N-dealkylation sites (N-methyl/N-ethyl adjacent to an activating group) is 1. The molecule has 0 fully saturated rings. The van der Waals surface area contributed by atoms with Gasteiger partial charge in [-0.25, -0.2) is 0 Å². The number of carbonyl (C=O) groups excluding carboxylic acids is 1. The van der Waals surface area contributed by atoms with Crippen LogP contribution in [0.4, 0.5) is 5.69 Å². The fraction of sp³-hybridized carbons (Fsp3) is 0.357. The van der Waals surface area contributed by atoms with E-state index in [0.717, 1.165) is 16.6 Å². The lowest BCUT2D eigenvalue weighted by molar-refractivity contribution is -0.121. The number of rotatable bonds is 3. The molecule has 1 aromatic heterocycles. The van der Waals surface area contributed by atoms with Gasteiger partial charge in [-0.2, -0.15) is 0 Å². The number of nitrogens with one attached hydrogen (secondary N) is 2. The molecule has 18 heavy (non-hydrogen) atoms. The molecule has 0 radical (unpaired) electrons. The van der Waals surface area contributed by atoms with Gasteiger partial charge in [0.25, 0.3) is 0 Å². The Morgan fingerprint density at radius 2 is 2.00 bits per heavy atom. The van der Waals surface area contributed by atoms with Gasteiger partial charge in [0.05, 0.1) is 5.54 Å². The zero-order valence-corrected chi connectivity index (χ0v) is 11.2. The normalized spacial score (nSPS) is 11.8. The van der Waals surface area contributed by atoms with Crippen molar-refractivity contribution in [2.75, 3.05) is 12.4 Å². The Kier molecular flexibility index (Phi) is 3.13. The van der Waals surface area contributed by atoms with Gasteiger partial charge in [-0.15, -0.1) is 0 Å². The Morgan fingerprint density at radius 1 is 1.28 bits per heavy atom. The van der Waals surface area contributed by atoms with Gasteiger partial charge in [-0.05, 0) is 45.2 Å². The van der Waals surface area contributed by atoms with Crippen molar-refractivity contribution in [2.45, 2.75) is 19.4 Å². The van der Waals surface area contributed by atoms with Crippen molar-refractivity contribution >= 4 is 22.5 Å². The first kappa shape index (κ1) is 12.6. The van der Waals surface area contributed by atoms with E-state index in [-0.39, 0.29) is 5.91 Å². The summed E-state index contributed by atoms with van der Waals surface area (Å²) in [5.41, 5.74) is 1.40. The SMILES string of the molecule is CNC(C)(C)C(=O)Nc1ccc2c(ccn2C)c1. The molecule has 4 nitrogen and oxygen atoms in total. The smallest absolute Gasteiger partial charge is 0.244 e. The third kappa shape index (κ3) is 2.24. The Morgan fingerprint density at radius 3 is 2.67 bits per heavy atom. The van der Waals surface area contributed by atoms with Crippen LogP contribution in [0.1, 0.15) is 13.8 Å². The molecule has 1 aromatic carbocycles. The van der Waals surface area contributed by atoms with Crippen molar-refractivity contribution in [1.29, 1.82) is 0 Å². The maximum absolute atomic E-state index is 12.0. The fourth-order valence-corrected chi connectivity index (χ4v) is 1.76. The third-order valence-corrected chi connectivity index (χ3v) is 3.34. The largest absolute Gasteiger partial charge is 0.351 e. The fourth-order valence-electron chi connectivity index (χ4n) is 1.76. The lowest BCUT2D eigenvalue weighted by Gasteiger charge is -2.22. The average molecular weight is 245 g/mol. The summed E-state index contributed by atoms with van der Waals surface area (Å²) in [6, 6.07) is 7.95. The minimum Gasteiger partial charge on any atom is -0.351 e.